The van der Waals surface area contributed by atoms with Crippen LogP contribution in [-0.4, -0.2) is 62.2 Å². The number of nitrogens with one attached hydrogen (secondary N) is 2. The first kappa shape index (κ1) is 24.0. The number of carbonyl (C=O) groups excluding carboxylic acids is 1. The maximum atomic E-state index is 12.2. The minimum Gasteiger partial charge on any atom is -0.378 e. The van der Waals surface area contributed by atoms with Gasteiger partial charge in [-0.25, -0.2) is 0 Å². The van der Waals surface area contributed by atoms with E-state index >= 15 is 0 Å². The van der Waals surface area contributed by atoms with Crippen molar-refractivity contribution < 1.29 is 9.53 Å². The van der Waals surface area contributed by atoms with Crippen LogP contribution in [0.25, 0.3) is 0 Å². The first-order valence-electron chi connectivity index (χ1n) is 9.33. The van der Waals surface area contributed by atoms with Gasteiger partial charge in [-0.3, -0.25) is 9.79 Å². The standard InChI is InChI=1S/C19H29ClN4O2.HI/c1-3-21-19(24-13-9-15(10-14-24)26-4-2)23-12-11-22-18(25)16-7-5-6-8-17(16)20;/h5-8,15H,3-4,9-14H2,1-2H3,(H,21,23)(H,22,25);1H. The molecule has 1 amide bonds. The van der Waals surface area contributed by atoms with Crippen LogP contribution in [0.3, 0.4) is 0 Å². The largest absolute Gasteiger partial charge is 0.378 e. The van der Waals surface area contributed by atoms with Gasteiger partial charge in [-0.1, -0.05) is 23.7 Å². The van der Waals surface area contributed by atoms with Crippen molar-refractivity contribution in [1.82, 2.24) is 15.5 Å². The Labute approximate surface area is 184 Å². The zero-order valence-corrected chi connectivity index (χ0v) is 19.1. The van der Waals surface area contributed by atoms with Crippen LogP contribution in [0.2, 0.25) is 5.02 Å². The van der Waals surface area contributed by atoms with Crippen molar-refractivity contribution in [3.05, 3.63) is 34.9 Å². The number of hydrogen-bond donors (Lipinski definition) is 2. The van der Waals surface area contributed by atoms with Gasteiger partial charge in [0.05, 0.1) is 23.2 Å². The fourth-order valence-corrected chi connectivity index (χ4v) is 3.19. The lowest BCUT2D eigenvalue weighted by Gasteiger charge is -2.34. The molecule has 0 saturated carbocycles. The van der Waals surface area contributed by atoms with Gasteiger partial charge in [0.2, 0.25) is 0 Å². The van der Waals surface area contributed by atoms with Gasteiger partial charge in [-0.2, -0.15) is 0 Å². The summed E-state index contributed by atoms with van der Waals surface area (Å²) in [7, 11) is 0. The first-order chi connectivity index (χ1) is 12.7. The summed E-state index contributed by atoms with van der Waals surface area (Å²) in [6, 6.07) is 7.03. The molecule has 1 saturated heterocycles. The Balaban J connectivity index is 0.00000364. The molecule has 0 aliphatic carbocycles. The van der Waals surface area contributed by atoms with E-state index in [4.69, 9.17) is 16.3 Å². The molecule has 0 spiro atoms. The molecule has 8 heteroatoms. The van der Waals surface area contributed by atoms with E-state index in [1.54, 1.807) is 24.3 Å². The van der Waals surface area contributed by atoms with Crippen molar-refractivity contribution in [1.29, 1.82) is 0 Å². The lowest BCUT2D eigenvalue weighted by Crippen LogP contribution is -2.47. The van der Waals surface area contributed by atoms with Gasteiger partial charge in [0.15, 0.2) is 5.96 Å². The molecule has 27 heavy (non-hydrogen) atoms. The van der Waals surface area contributed by atoms with Crippen molar-refractivity contribution in [2.24, 2.45) is 4.99 Å². The highest BCUT2D eigenvalue weighted by Gasteiger charge is 2.21. The molecule has 6 nitrogen and oxygen atoms in total. The molecule has 0 unspecified atom stereocenters. The third-order valence-electron chi connectivity index (χ3n) is 4.26. The quantitative estimate of drug-likeness (QED) is 0.257. The predicted molar refractivity (Wildman–Crippen MR) is 121 cm³/mol. The lowest BCUT2D eigenvalue weighted by molar-refractivity contribution is 0.0264. The summed E-state index contributed by atoms with van der Waals surface area (Å²) in [5.74, 6) is 0.725. The molecule has 152 valence electrons. The number of carbonyl (C=O) groups is 1. The summed E-state index contributed by atoms with van der Waals surface area (Å²) in [6.45, 7) is 8.53. The van der Waals surface area contributed by atoms with E-state index in [0.717, 1.165) is 45.0 Å². The molecule has 2 N–H and O–H groups in total. The molecule has 1 aromatic carbocycles. The minimum atomic E-state index is -0.173. The number of likely N-dealkylation sites (tertiary alicyclic amines) is 1. The highest BCUT2D eigenvalue weighted by atomic mass is 127. The molecule has 0 bridgehead atoms. The van der Waals surface area contributed by atoms with Crippen LogP contribution in [0.1, 0.15) is 37.0 Å². The maximum Gasteiger partial charge on any atom is 0.252 e. The van der Waals surface area contributed by atoms with Gasteiger partial charge < -0.3 is 20.3 Å². The molecular formula is C19H30ClIN4O2. The number of benzene rings is 1. The predicted octanol–water partition coefficient (Wildman–Crippen LogP) is 3.15. The minimum absolute atomic E-state index is 0. The number of amides is 1. The van der Waals surface area contributed by atoms with Crippen LogP contribution in [-0.2, 0) is 4.74 Å². The SMILES string of the molecule is CCNC(=NCCNC(=O)c1ccccc1Cl)N1CCC(OCC)CC1.I. The molecular weight excluding hydrogens is 479 g/mol. The van der Waals surface area contributed by atoms with E-state index in [1.165, 1.54) is 0 Å². The lowest BCUT2D eigenvalue weighted by atomic mass is 10.1. The van der Waals surface area contributed by atoms with E-state index in [0.29, 0.717) is 29.8 Å². The second kappa shape index (κ2) is 13.2. The second-order valence-corrected chi connectivity index (χ2v) is 6.52. The van der Waals surface area contributed by atoms with E-state index in [-0.39, 0.29) is 29.9 Å². The van der Waals surface area contributed by atoms with Crippen LogP contribution < -0.4 is 10.6 Å². The summed E-state index contributed by atoms with van der Waals surface area (Å²) < 4.78 is 5.70. The van der Waals surface area contributed by atoms with Crippen LogP contribution in [0.4, 0.5) is 0 Å². The fourth-order valence-electron chi connectivity index (χ4n) is 2.97. The number of rotatable bonds is 7. The fraction of sp³-hybridized carbons (Fsp3) is 0.579. The van der Waals surface area contributed by atoms with Gasteiger partial charge >= 0.3 is 0 Å². The Kier molecular flexibility index (Phi) is 11.7. The van der Waals surface area contributed by atoms with Crippen LogP contribution in [0.5, 0.6) is 0 Å². The summed E-state index contributed by atoms with van der Waals surface area (Å²) >= 11 is 6.04. The van der Waals surface area contributed by atoms with Crippen molar-refractivity contribution in [2.45, 2.75) is 32.8 Å². The van der Waals surface area contributed by atoms with Gasteiger partial charge in [0.1, 0.15) is 0 Å². The summed E-state index contributed by atoms with van der Waals surface area (Å²) in [5.41, 5.74) is 0.489. The average molecular weight is 509 g/mol. The molecule has 0 aromatic heterocycles. The summed E-state index contributed by atoms with van der Waals surface area (Å²) in [4.78, 5) is 19.0. The Bertz CT molecular complexity index is 607. The van der Waals surface area contributed by atoms with Gasteiger partial charge in [0, 0.05) is 32.8 Å². The van der Waals surface area contributed by atoms with E-state index in [1.807, 2.05) is 6.92 Å². The number of hydrogen-bond acceptors (Lipinski definition) is 3. The van der Waals surface area contributed by atoms with Gasteiger partial charge in [-0.15, -0.1) is 24.0 Å². The first-order valence-corrected chi connectivity index (χ1v) is 9.71. The molecule has 0 radical (unpaired) electrons. The van der Waals surface area contributed by atoms with E-state index in [9.17, 15) is 4.79 Å². The molecule has 1 heterocycles. The van der Waals surface area contributed by atoms with Crippen LogP contribution in [0, 0.1) is 0 Å². The number of guanidine groups is 1. The molecule has 1 aromatic rings. The van der Waals surface area contributed by atoms with Gasteiger partial charge in [-0.05, 0) is 38.8 Å². The van der Waals surface area contributed by atoms with Crippen molar-refractivity contribution in [3.63, 3.8) is 0 Å². The molecule has 2 rings (SSSR count). The topological polar surface area (TPSA) is 66.0 Å². The third-order valence-corrected chi connectivity index (χ3v) is 4.59. The Morgan fingerprint density at radius 1 is 1.26 bits per heavy atom. The highest BCUT2D eigenvalue weighted by molar-refractivity contribution is 14.0. The third kappa shape index (κ3) is 7.83. The number of halogens is 2. The number of aliphatic imine (C=N–C) groups is 1. The second-order valence-electron chi connectivity index (χ2n) is 6.11. The normalized spacial score (nSPS) is 15.2. The van der Waals surface area contributed by atoms with Crippen LogP contribution in [0.15, 0.2) is 29.3 Å². The Morgan fingerprint density at radius 3 is 2.59 bits per heavy atom. The van der Waals surface area contributed by atoms with Crippen LogP contribution >= 0.6 is 35.6 Å². The van der Waals surface area contributed by atoms with Gasteiger partial charge in [0.25, 0.3) is 5.91 Å². The van der Waals surface area contributed by atoms with Crippen molar-refractivity contribution in [2.75, 3.05) is 39.3 Å². The number of ether oxygens (including phenoxy) is 1. The van der Waals surface area contributed by atoms with E-state index < -0.39 is 0 Å². The number of piperidine rings is 1. The maximum absolute atomic E-state index is 12.2. The number of nitrogens with zero attached hydrogens (tertiary/aromatic N) is 2. The summed E-state index contributed by atoms with van der Waals surface area (Å²) in [5, 5.41) is 6.65. The zero-order chi connectivity index (χ0) is 18.8. The highest BCUT2D eigenvalue weighted by Crippen LogP contribution is 2.15. The summed E-state index contributed by atoms with van der Waals surface area (Å²) in [6.07, 6.45) is 2.39. The molecule has 1 fully saturated rings. The molecule has 1 aliphatic rings. The molecule has 1 aliphatic heterocycles. The average Bonchev–Trinajstić information content (AvgIpc) is 2.65. The zero-order valence-electron chi connectivity index (χ0n) is 16.0. The molecule has 0 atom stereocenters. The Morgan fingerprint density at radius 2 is 1.96 bits per heavy atom. The monoisotopic (exact) mass is 508 g/mol. The van der Waals surface area contributed by atoms with Crippen molar-refractivity contribution in [3.8, 4) is 0 Å². The van der Waals surface area contributed by atoms with E-state index in [2.05, 4.69) is 27.4 Å². The van der Waals surface area contributed by atoms with Crippen molar-refractivity contribution >= 4 is 47.4 Å². The smallest absolute Gasteiger partial charge is 0.252 e. The Hall–Kier alpha value is -1.06.